The van der Waals surface area contributed by atoms with Crippen LogP contribution in [0.25, 0.3) is 0 Å². The summed E-state index contributed by atoms with van der Waals surface area (Å²) in [6.07, 6.45) is 0. The van der Waals surface area contributed by atoms with Crippen molar-refractivity contribution in [1.29, 1.82) is 0 Å². The molecule has 0 unspecified atom stereocenters. The minimum atomic E-state index is -0.403. The molecule has 1 heterocycles. The summed E-state index contributed by atoms with van der Waals surface area (Å²) in [6.45, 7) is 47.9. The largest absolute Gasteiger partial charge is 0.412 e. The van der Waals surface area contributed by atoms with Gasteiger partial charge in [-0.3, -0.25) is 21.0 Å². The maximum absolute atomic E-state index is 7.90. The third kappa shape index (κ3) is 331. The van der Waals surface area contributed by atoms with Gasteiger partial charge in [-0.2, -0.15) is 0 Å². The van der Waals surface area contributed by atoms with Gasteiger partial charge in [0.15, 0.2) is 0 Å². The molecule has 300 valence electrons. The number of hydrogen-bond acceptors (Lipinski definition) is 11. The van der Waals surface area contributed by atoms with Gasteiger partial charge in [-0.25, -0.2) is 19.6 Å². The summed E-state index contributed by atoms with van der Waals surface area (Å²) in [7, 11) is 0. The van der Waals surface area contributed by atoms with E-state index < -0.39 is 22.4 Å². The van der Waals surface area contributed by atoms with E-state index in [0.29, 0.717) is 0 Å². The lowest BCUT2D eigenvalue weighted by Crippen LogP contribution is -2.15. The number of ether oxygens (including phenoxy) is 1. The zero-order chi connectivity index (χ0) is 37.5. The third-order valence-corrected chi connectivity index (χ3v) is 1.82. The van der Waals surface area contributed by atoms with Gasteiger partial charge < -0.3 is 10.2 Å². The van der Waals surface area contributed by atoms with Crippen LogP contribution in [0.5, 0.6) is 0 Å². The first-order chi connectivity index (χ1) is 18.6. The highest BCUT2D eigenvalue weighted by Gasteiger charge is 2.32. The van der Waals surface area contributed by atoms with E-state index in [1.54, 1.807) is 83.1 Å². The fourth-order valence-electron chi connectivity index (χ4n) is 0.144. The second-order valence-corrected chi connectivity index (χ2v) is 15.0. The van der Waals surface area contributed by atoms with Gasteiger partial charge >= 0.3 is 0 Å². The Morgan fingerprint density at radius 2 is 0.617 bits per heavy atom. The molecule has 0 aromatic carbocycles. The number of epoxide rings is 1. The van der Waals surface area contributed by atoms with Crippen LogP contribution in [0.3, 0.4) is 0 Å². The van der Waals surface area contributed by atoms with Crippen LogP contribution in [0, 0.1) is 15.8 Å². The minimum absolute atomic E-state index is 0. The molecule has 0 aliphatic carbocycles. The van der Waals surface area contributed by atoms with E-state index in [4.69, 9.17) is 35.7 Å². The quantitative estimate of drug-likeness (QED) is 0.0811. The molecule has 1 aliphatic heterocycles. The molecule has 0 spiro atoms. The SMILES string of the molecule is C.C.C.C=C(C)C.C=C(C)C.CC(C)(C)OO.CC(C)(C)OO.CC(C)(C)OO.CC(C)(C)OO.CC(C)C.CC1(C)CO1.O.O=O. The summed E-state index contributed by atoms with van der Waals surface area (Å²) < 4.78 is 4.90. The van der Waals surface area contributed by atoms with Crippen LogP contribution in [-0.2, 0) is 24.3 Å². The van der Waals surface area contributed by atoms with Crippen LogP contribution >= 0.6 is 0 Å². The van der Waals surface area contributed by atoms with Gasteiger partial charge in [0.1, 0.15) is 0 Å². The monoisotopic (exact) mass is 701 g/mol. The molecule has 0 saturated carbocycles. The van der Waals surface area contributed by atoms with Crippen LogP contribution in [0.2, 0.25) is 0 Å². The summed E-state index contributed by atoms with van der Waals surface area (Å²) in [5.41, 5.74) is 0.972. The lowest BCUT2D eigenvalue weighted by atomic mass is 10.2. The molecule has 0 atom stereocenters. The molecule has 0 radical (unpaired) electrons. The molecule has 12 heteroatoms. The van der Waals surface area contributed by atoms with Gasteiger partial charge in [-0.15, -0.1) is 13.2 Å². The topological polar surface area (TPSA) is 196 Å². The van der Waals surface area contributed by atoms with Crippen molar-refractivity contribution >= 4 is 0 Å². The summed E-state index contributed by atoms with van der Waals surface area (Å²) in [6, 6.07) is 0. The van der Waals surface area contributed by atoms with Crippen molar-refractivity contribution in [3.63, 3.8) is 0 Å². The molecule has 47 heavy (non-hydrogen) atoms. The molecule has 1 aliphatic rings. The predicted octanol–water partition coefficient (Wildman–Crippen LogP) is 11.9. The Labute approximate surface area is 293 Å². The fraction of sp³-hybridized carbons (Fsp3) is 0.886. The number of allylic oxidation sites excluding steroid dienone is 2. The van der Waals surface area contributed by atoms with E-state index in [-0.39, 0.29) is 33.4 Å². The Morgan fingerprint density at radius 3 is 0.617 bits per heavy atom. The van der Waals surface area contributed by atoms with Crippen LogP contribution in [-0.4, -0.2) is 61.1 Å². The van der Waals surface area contributed by atoms with Crippen LogP contribution in [0.15, 0.2) is 24.3 Å². The Bertz CT molecular complexity index is 495. The summed E-state index contributed by atoms with van der Waals surface area (Å²) in [5, 5.41) is 31.6. The molecule has 1 saturated heterocycles. The standard InChI is InChI=1S/4C4H10O2.C4H8O.C4H10.2C4H8.3CH4.O2.H2O/c4*1-4(2,3)6-5;1-4(2)3-5-4;3*1-4(2)3;;;;1-2;/h4*5H,1-3H3;3H2,1-2H3;4H,1-3H3;2*1H2,2-3H3;3*1H4;;1H2. The Kier molecular flexibility index (Phi) is 76.4. The van der Waals surface area contributed by atoms with Gasteiger partial charge in [0.05, 0.1) is 34.6 Å². The molecular formula is C35H88O12. The first-order valence-corrected chi connectivity index (χ1v) is 14.0. The highest BCUT2D eigenvalue weighted by molar-refractivity contribution is 4.80. The highest BCUT2D eigenvalue weighted by atomic mass is 17.1. The van der Waals surface area contributed by atoms with Crippen molar-refractivity contribution in [2.75, 3.05) is 6.61 Å². The summed E-state index contributed by atoms with van der Waals surface area (Å²) in [5.74, 6) is 0.833. The van der Waals surface area contributed by atoms with E-state index in [2.05, 4.69) is 67.3 Å². The van der Waals surface area contributed by atoms with Crippen molar-refractivity contribution in [2.24, 2.45) is 5.92 Å². The summed E-state index contributed by atoms with van der Waals surface area (Å²) >= 11 is 0. The van der Waals surface area contributed by atoms with E-state index in [1.165, 1.54) is 11.1 Å². The van der Waals surface area contributed by atoms with Crippen molar-refractivity contribution < 1.29 is 50.8 Å². The van der Waals surface area contributed by atoms with Gasteiger partial charge in [0.2, 0.25) is 0 Å². The zero-order valence-corrected chi connectivity index (χ0v) is 32.3. The van der Waals surface area contributed by atoms with E-state index in [1.807, 2.05) is 27.7 Å². The van der Waals surface area contributed by atoms with Gasteiger partial charge in [-0.05, 0) is 131 Å². The third-order valence-electron chi connectivity index (χ3n) is 1.82. The lowest BCUT2D eigenvalue weighted by Gasteiger charge is -2.10. The molecule has 12 nitrogen and oxygen atoms in total. The average molecular weight is 701 g/mol. The summed E-state index contributed by atoms with van der Waals surface area (Å²) in [4.78, 5) is 29.8. The van der Waals surface area contributed by atoms with E-state index >= 15 is 0 Å². The van der Waals surface area contributed by atoms with Gasteiger partial charge in [-0.1, -0.05) is 54.2 Å². The molecule has 0 aromatic rings. The Balaban J connectivity index is -0.0000000293. The first kappa shape index (κ1) is 80.4. The molecule has 1 rings (SSSR count). The van der Waals surface area contributed by atoms with Gasteiger partial charge in [0.25, 0.3) is 0 Å². The normalized spacial score (nSPS) is 11.3. The molecule has 6 N–H and O–H groups in total. The first-order valence-electron chi connectivity index (χ1n) is 14.0. The molecule has 0 aromatic heterocycles. The minimum Gasteiger partial charge on any atom is -0.412 e. The number of hydrogen-bond donors (Lipinski definition) is 4. The van der Waals surface area contributed by atoms with E-state index in [9.17, 15) is 0 Å². The number of rotatable bonds is 0. The van der Waals surface area contributed by atoms with E-state index in [0.717, 1.165) is 12.5 Å². The smallest absolute Gasteiger partial charge is 0.0949 e. The maximum atomic E-state index is 7.90. The van der Waals surface area contributed by atoms with Crippen molar-refractivity contribution in [2.45, 2.75) is 196 Å². The molecule has 0 amide bonds. The van der Waals surface area contributed by atoms with Crippen molar-refractivity contribution in [3.05, 3.63) is 34.2 Å². The predicted molar refractivity (Wildman–Crippen MR) is 206 cm³/mol. The second kappa shape index (κ2) is 44.7. The van der Waals surface area contributed by atoms with Crippen LogP contribution < -0.4 is 0 Å². The lowest BCUT2D eigenvalue weighted by molar-refractivity contribution is -0.306. The second-order valence-electron chi connectivity index (χ2n) is 15.0. The van der Waals surface area contributed by atoms with Crippen molar-refractivity contribution in [3.8, 4) is 0 Å². The maximum Gasteiger partial charge on any atom is 0.0949 e. The zero-order valence-electron chi connectivity index (χ0n) is 32.3. The molecule has 0 bridgehead atoms. The molecule has 1 fully saturated rings. The fourth-order valence-corrected chi connectivity index (χ4v) is 0.144. The van der Waals surface area contributed by atoms with Crippen LogP contribution in [0.4, 0.5) is 0 Å². The average Bonchev–Trinajstić information content (AvgIpc) is 3.48. The van der Waals surface area contributed by atoms with Crippen LogP contribution in [0.1, 0.15) is 168 Å². The highest BCUT2D eigenvalue weighted by Crippen LogP contribution is 2.23. The Morgan fingerprint density at radius 1 is 0.574 bits per heavy atom. The molecular weight excluding hydrogens is 612 g/mol. The van der Waals surface area contributed by atoms with Crippen molar-refractivity contribution in [1.82, 2.24) is 0 Å². The Hall–Kier alpha value is -1.32. The van der Waals surface area contributed by atoms with Gasteiger partial charge in [0, 0.05) is 9.93 Å².